The topological polar surface area (TPSA) is 63.1 Å². The third kappa shape index (κ3) is 2.25. The molecule has 2 rings (SSSR count). The van der Waals surface area contributed by atoms with E-state index in [2.05, 4.69) is 29.4 Å². The molecule has 1 aromatic heterocycles. The van der Waals surface area contributed by atoms with Crippen molar-refractivity contribution in [3.05, 3.63) is 5.82 Å². The summed E-state index contributed by atoms with van der Waals surface area (Å²) in [4.78, 5) is 13.3. The first-order valence-corrected chi connectivity index (χ1v) is 6.04. The Kier molecular flexibility index (Phi) is 3.31. The van der Waals surface area contributed by atoms with Crippen molar-refractivity contribution in [3.63, 3.8) is 0 Å². The van der Waals surface area contributed by atoms with Crippen LogP contribution in [0.3, 0.4) is 0 Å². The normalized spacial score (nSPS) is 18.1. The molecule has 0 spiro atoms. The van der Waals surface area contributed by atoms with Gasteiger partial charge in [0.15, 0.2) is 0 Å². The van der Waals surface area contributed by atoms with Gasteiger partial charge in [0.1, 0.15) is 5.82 Å². The van der Waals surface area contributed by atoms with Crippen LogP contribution in [0.2, 0.25) is 0 Å². The number of amides is 1. The summed E-state index contributed by atoms with van der Waals surface area (Å²) in [6, 6.07) is 0. The second-order valence-corrected chi connectivity index (χ2v) is 4.50. The van der Waals surface area contributed by atoms with Gasteiger partial charge in [0.2, 0.25) is 11.9 Å². The number of rotatable bonds is 3. The Bertz CT molecular complexity index is 414. The van der Waals surface area contributed by atoms with Crippen LogP contribution in [0.5, 0.6) is 0 Å². The highest BCUT2D eigenvalue weighted by Crippen LogP contribution is 2.20. The van der Waals surface area contributed by atoms with E-state index in [1.54, 1.807) is 0 Å². The molecule has 1 saturated heterocycles. The maximum Gasteiger partial charge on any atom is 0.239 e. The van der Waals surface area contributed by atoms with Gasteiger partial charge in [0.05, 0.1) is 6.54 Å². The van der Waals surface area contributed by atoms with E-state index in [1.807, 2.05) is 16.5 Å². The van der Waals surface area contributed by atoms with Crippen molar-refractivity contribution in [2.24, 2.45) is 7.05 Å². The van der Waals surface area contributed by atoms with E-state index >= 15 is 0 Å². The predicted molar refractivity (Wildman–Crippen MR) is 64.9 cm³/mol. The third-order valence-electron chi connectivity index (χ3n) is 3.26. The molecule has 1 atom stereocenters. The van der Waals surface area contributed by atoms with Crippen LogP contribution in [0.1, 0.15) is 32.0 Å². The van der Waals surface area contributed by atoms with Gasteiger partial charge in [0.25, 0.3) is 0 Å². The molecule has 0 saturated carbocycles. The van der Waals surface area contributed by atoms with E-state index in [0.717, 1.165) is 24.7 Å². The molecule has 1 N–H and O–H groups in total. The molecule has 17 heavy (non-hydrogen) atoms. The summed E-state index contributed by atoms with van der Waals surface area (Å²) < 4.78 is 1.99. The van der Waals surface area contributed by atoms with E-state index in [4.69, 9.17) is 0 Å². The first kappa shape index (κ1) is 11.9. The number of nitrogens with zero attached hydrogens (tertiary/aromatic N) is 4. The average molecular weight is 237 g/mol. The van der Waals surface area contributed by atoms with E-state index in [9.17, 15) is 4.79 Å². The summed E-state index contributed by atoms with van der Waals surface area (Å²) in [6.45, 7) is 6.10. The molecule has 1 amide bonds. The number of hydrogen-bond donors (Lipinski definition) is 1. The second kappa shape index (κ2) is 4.73. The predicted octanol–water partition coefficient (Wildman–Crippen LogP) is 0.265. The highest BCUT2D eigenvalue weighted by molar-refractivity contribution is 5.81. The fourth-order valence-electron chi connectivity index (χ4n) is 2.03. The minimum atomic E-state index is 0.0457. The van der Waals surface area contributed by atoms with Crippen LogP contribution in [0.25, 0.3) is 0 Å². The fraction of sp³-hybridized carbons (Fsp3) is 0.727. The molecular formula is C11H19N5O. The molecule has 6 nitrogen and oxygen atoms in total. The summed E-state index contributed by atoms with van der Waals surface area (Å²) >= 11 is 0. The van der Waals surface area contributed by atoms with Gasteiger partial charge >= 0.3 is 0 Å². The summed E-state index contributed by atoms with van der Waals surface area (Å²) in [5, 5.41) is 11.2. The maximum absolute atomic E-state index is 11.3. The smallest absolute Gasteiger partial charge is 0.239 e. The lowest BCUT2D eigenvalue weighted by atomic mass is 10.1. The highest BCUT2D eigenvalue weighted by Gasteiger charge is 2.22. The average Bonchev–Trinajstić information content (AvgIpc) is 2.70. The molecule has 1 fully saturated rings. The van der Waals surface area contributed by atoms with Crippen molar-refractivity contribution in [1.29, 1.82) is 0 Å². The van der Waals surface area contributed by atoms with E-state index in [-0.39, 0.29) is 5.91 Å². The summed E-state index contributed by atoms with van der Waals surface area (Å²) in [5.41, 5.74) is 0. The van der Waals surface area contributed by atoms with Crippen LogP contribution in [-0.2, 0) is 11.8 Å². The van der Waals surface area contributed by atoms with E-state index < -0.39 is 0 Å². The quantitative estimate of drug-likeness (QED) is 0.819. The number of aromatic nitrogens is 3. The first-order chi connectivity index (χ1) is 8.13. The monoisotopic (exact) mass is 237 g/mol. The molecule has 1 unspecified atom stereocenters. The van der Waals surface area contributed by atoms with Crippen LogP contribution >= 0.6 is 0 Å². The Morgan fingerprint density at radius 1 is 1.47 bits per heavy atom. The molecule has 0 radical (unpaired) electrons. The van der Waals surface area contributed by atoms with Crippen molar-refractivity contribution in [2.75, 3.05) is 24.5 Å². The van der Waals surface area contributed by atoms with Crippen molar-refractivity contribution in [3.8, 4) is 0 Å². The van der Waals surface area contributed by atoms with Crippen LogP contribution in [-0.4, -0.2) is 40.3 Å². The fourth-order valence-corrected chi connectivity index (χ4v) is 2.03. The van der Waals surface area contributed by atoms with Gasteiger partial charge in [0, 0.05) is 26.1 Å². The molecule has 1 aromatic rings. The van der Waals surface area contributed by atoms with Crippen molar-refractivity contribution >= 4 is 11.9 Å². The Balaban J connectivity index is 2.21. The van der Waals surface area contributed by atoms with Crippen molar-refractivity contribution < 1.29 is 4.79 Å². The molecule has 2 heterocycles. The van der Waals surface area contributed by atoms with Gasteiger partial charge in [-0.05, 0) is 6.42 Å². The zero-order valence-corrected chi connectivity index (χ0v) is 10.6. The molecule has 1 aliphatic heterocycles. The molecule has 94 valence electrons. The lowest BCUT2D eigenvalue weighted by Crippen LogP contribution is -2.48. The zero-order chi connectivity index (χ0) is 12.4. The standard InChI is InChI=1S/C11H19N5O/c1-4-8(2)10-13-14-11(15(10)3)16-6-5-12-9(17)7-16/h8H,4-7H2,1-3H3,(H,12,17). The van der Waals surface area contributed by atoms with E-state index in [0.29, 0.717) is 19.0 Å². The van der Waals surface area contributed by atoms with E-state index in [1.165, 1.54) is 0 Å². The van der Waals surface area contributed by atoms with Gasteiger partial charge in [-0.2, -0.15) is 0 Å². The van der Waals surface area contributed by atoms with Crippen molar-refractivity contribution in [1.82, 2.24) is 20.1 Å². The number of carbonyl (C=O) groups excluding carboxylic acids is 1. The van der Waals surface area contributed by atoms with Crippen LogP contribution in [0.4, 0.5) is 5.95 Å². The van der Waals surface area contributed by atoms with Gasteiger partial charge in [-0.1, -0.05) is 13.8 Å². The van der Waals surface area contributed by atoms with Crippen molar-refractivity contribution in [2.45, 2.75) is 26.2 Å². The Hall–Kier alpha value is -1.59. The van der Waals surface area contributed by atoms with Gasteiger partial charge < -0.3 is 14.8 Å². The molecule has 0 bridgehead atoms. The zero-order valence-electron chi connectivity index (χ0n) is 10.6. The lowest BCUT2D eigenvalue weighted by molar-refractivity contribution is -0.120. The second-order valence-electron chi connectivity index (χ2n) is 4.50. The summed E-state index contributed by atoms with van der Waals surface area (Å²) in [6.07, 6.45) is 1.03. The maximum atomic E-state index is 11.3. The summed E-state index contributed by atoms with van der Waals surface area (Å²) in [5.74, 6) is 2.20. The largest absolute Gasteiger partial charge is 0.353 e. The SMILES string of the molecule is CCC(C)c1nnc(N2CCNC(=O)C2)n1C. The number of anilines is 1. The first-order valence-electron chi connectivity index (χ1n) is 6.04. The Labute approximate surface area is 101 Å². The Morgan fingerprint density at radius 3 is 2.88 bits per heavy atom. The highest BCUT2D eigenvalue weighted by atomic mass is 16.2. The molecule has 0 aliphatic carbocycles. The number of hydrogen-bond acceptors (Lipinski definition) is 4. The molecular weight excluding hydrogens is 218 g/mol. The number of piperazine rings is 1. The Morgan fingerprint density at radius 2 is 2.24 bits per heavy atom. The summed E-state index contributed by atoms with van der Waals surface area (Å²) in [7, 11) is 1.96. The number of nitrogens with one attached hydrogen (secondary N) is 1. The lowest BCUT2D eigenvalue weighted by Gasteiger charge is -2.27. The third-order valence-corrected chi connectivity index (χ3v) is 3.26. The minimum Gasteiger partial charge on any atom is -0.353 e. The molecule has 1 aliphatic rings. The van der Waals surface area contributed by atoms with Crippen LogP contribution < -0.4 is 10.2 Å². The molecule has 0 aromatic carbocycles. The van der Waals surface area contributed by atoms with Gasteiger partial charge in [-0.15, -0.1) is 10.2 Å². The molecule has 6 heteroatoms. The minimum absolute atomic E-state index is 0.0457. The van der Waals surface area contributed by atoms with Gasteiger partial charge in [-0.25, -0.2) is 0 Å². The van der Waals surface area contributed by atoms with Gasteiger partial charge in [-0.3, -0.25) is 4.79 Å². The van der Waals surface area contributed by atoms with Crippen LogP contribution in [0, 0.1) is 0 Å². The number of carbonyl (C=O) groups is 1. The van der Waals surface area contributed by atoms with Crippen LogP contribution in [0.15, 0.2) is 0 Å².